The lowest BCUT2D eigenvalue weighted by atomic mass is 10.0. The van der Waals surface area contributed by atoms with Gasteiger partial charge in [0.05, 0.1) is 17.3 Å². The van der Waals surface area contributed by atoms with Gasteiger partial charge in [-0.05, 0) is 35.9 Å². The molecule has 0 bridgehead atoms. The van der Waals surface area contributed by atoms with Crippen molar-refractivity contribution in [1.82, 2.24) is 15.2 Å². The Morgan fingerprint density at radius 1 is 1.08 bits per heavy atom. The van der Waals surface area contributed by atoms with Gasteiger partial charge in [0, 0.05) is 11.2 Å². The highest BCUT2D eigenvalue weighted by Gasteiger charge is 2.20. The molecule has 3 rings (SSSR count). The van der Waals surface area contributed by atoms with Crippen molar-refractivity contribution in [3.05, 3.63) is 81.7 Å². The van der Waals surface area contributed by atoms with Crippen molar-refractivity contribution >= 4 is 34.9 Å². The Hall–Kier alpha value is -2.70. The molecule has 2 heterocycles. The molecule has 1 unspecified atom stereocenters. The molecular weight excluding hydrogens is 361 g/mol. The van der Waals surface area contributed by atoms with Gasteiger partial charge in [0.2, 0.25) is 0 Å². The van der Waals surface area contributed by atoms with Crippen LogP contribution < -0.4 is 11.1 Å². The predicted molar refractivity (Wildman–Crippen MR) is 96.7 cm³/mol. The van der Waals surface area contributed by atoms with Crippen LogP contribution in [0.4, 0.5) is 5.82 Å². The first-order valence-electron chi connectivity index (χ1n) is 7.30. The summed E-state index contributed by atoms with van der Waals surface area (Å²) in [6.45, 7) is 0. The first-order chi connectivity index (χ1) is 12.0. The first kappa shape index (κ1) is 17.1. The molecule has 0 aliphatic rings. The minimum atomic E-state index is -0.662. The molecule has 3 aromatic rings. The Kier molecular flexibility index (Phi) is 5.11. The van der Waals surface area contributed by atoms with Crippen molar-refractivity contribution in [3.63, 3.8) is 0 Å². The smallest absolute Gasteiger partial charge is 0.252 e. The van der Waals surface area contributed by atoms with E-state index in [2.05, 4.69) is 20.5 Å². The van der Waals surface area contributed by atoms with Crippen LogP contribution in [0.3, 0.4) is 0 Å². The van der Waals surface area contributed by atoms with Gasteiger partial charge >= 0.3 is 0 Å². The van der Waals surface area contributed by atoms with Gasteiger partial charge < -0.3 is 11.1 Å². The second-order valence-corrected chi connectivity index (χ2v) is 6.00. The van der Waals surface area contributed by atoms with E-state index in [0.717, 1.165) is 11.3 Å². The fourth-order valence-corrected chi connectivity index (χ4v) is 2.71. The minimum Gasteiger partial charge on any atom is -0.365 e. The maximum absolute atomic E-state index is 11.7. The second-order valence-electron chi connectivity index (χ2n) is 5.18. The van der Waals surface area contributed by atoms with E-state index in [1.165, 1.54) is 6.07 Å². The maximum Gasteiger partial charge on any atom is 0.252 e. The molecule has 0 spiro atoms. The number of rotatable bonds is 5. The van der Waals surface area contributed by atoms with Crippen molar-refractivity contribution in [2.75, 3.05) is 5.32 Å². The Morgan fingerprint density at radius 3 is 2.60 bits per heavy atom. The third-order valence-electron chi connectivity index (χ3n) is 3.48. The molecule has 6 nitrogen and oxygen atoms in total. The number of carbonyl (C=O) groups excluding carboxylic acids is 1. The number of anilines is 1. The van der Waals surface area contributed by atoms with Gasteiger partial charge in [-0.1, -0.05) is 41.4 Å². The van der Waals surface area contributed by atoms with Crippen LogP contribution in [-0.2, 0) is 0 Å². The normalized spacial score (nSPS) is 11.8. The van der Waals surface area contributed by atoms with Crippen LogP contribution >= 0.6 is 23.2 Å². The lowest BCUT2D eigenvalue weighted by Gasteiger charge is -2.20. The van der Waals surface area contributed by atoms with E-state index in [-0.39, 0.29) is 16.5 Å². The molecule has 1 amide bonds. The van der Waals surface area contributed by atoms with Gasteiger partial charge in [-0.3, -0.25) is 9.78 Å². The topological polar surface area (TPSA) is 93.8 Å². The Bertz CT molecular complexity index is 905. The summed E-state index contributed by atoms with van der Waals surface area (Å²) >= 11 is 11.9. The van der Waals surface area contributed by atoms with E-state index >= 15 is 0 Å². The molecule has 1 aromatic carbocycles. The first-order valence-corrected chi connectivity index (χ1v) is 8.06. The number of carbonyl (C=O) groups is 1. The number of primary amides is 1. The molecule has 0 aliphatic carbocycles. The molecule has 126 valence electrons. The third-order valence-corrected chi connectivity index (χ3v) is 3.90. The number of hydrogen-bond acceptors (Lipinski definition) is 5. The van der Waals surface area contributed by atoms with E-state index in [0.29, 0.717) is 5.02 Å². The van der Waals surface area contributed by atoms with Crippen molar-refractivity contribution in [2.24, 2.45) is 5.73 Å². The van der Waals surface area contributed by atoms with Gasteiger partial charge in [-0.15, -0.1) is 10.2 Å². The van der Waals surface area contributed by atoms with Gasteiger partial charge in [0.1, 0.15) is 0 Å². The van der Waals surface area contributed by atoms with Crippen molar-refractivity contribution in [1.29, 1.82) is 0 Å². The Balaban J connectivity index is 2.06. The fourth-order valence-electron chi connectivity index (χ4n) is 2.36. The summed E-state index contributed by atoms with van der Waals surface area (Å²) in [5.41, 5.74) is 7.13. The molecule has 0 saturated heterocycles. The summed E-state index contributed by atoms with van der Waals surface area (Å²) in [5, 5.41) is 11.6. The monoisotopic (exact) mass is 373 g/mol. The second kappa shape index (κ2) is 7.46. The van der Waals surface area contributed by atoms with Gasteiger partial charge in [0.25, 0.3) is 5.91 Å². The highest BCUT2D eigenvalue weighted by atomic mass is 35.5. The number of nitrogens with one attached hydrogen (secondary N) is 1. The van der Waals surface area contributed by atoms with E-state index < -0.39 is 11.9 Å². The highest BCUT2D eigenvalue weighted by Crippen LogP contribution is 2.28. The van der Waals surface area contributed by atoms with Crippen LogP contribution in [0.25, 0.3) is 0 Å². The summed E-state index contributed by atoms with van der Waals surface area (Å²) < 4.78 is 0. The Labute approximate surface area is 154 Å². The van der Waals surface area contributed by atoms with Crippen molar-refractivity contribution < 1.29 is 4.79 Å². The molecule has 1 atom stereocenters. The van der Waals surface area contributed by atoms with E-state index in [1.807, 2.05) is 30.3 Å². The van der Waals surface area contributed by atoms with Crippen LogP contribution in [-0.4, -0.2) is 21.1 Å². The fraction of sp³-hybridized carbons (Fsp3) is 0.0588. The quantitative estimate of drug-likeness (QED) is 0.713. The van der Waals surface area contributed by atoms with Crippen molar-refractivity contribution in [3.8, 4) is 0 Å². The van der Waals surface area contributed by atoms with Crippen LogP contribution in [0.1, 0.15) is 27.7 Å². The summed E-state index contributed by atoms with van der Waals surface area (Å²) in [5.74, 6) is -0.447. The van der Waals surface area contributed by atoms with Crippen LogP contribution in [0.2, 0.25) is 10.2 Å². The standard InChI is InChI=1S/C17H13Cl2N5O/c18-11-5-3-4-10(8-11)15(13-6-1-2-7-21-13)22-17-12(16(20)25)9-14(19)23-24-17/h1-9,15H,(H2,20,25)(H,22,24). The summed E-state index contributed by atoms with van der Waals surface area (Å²) in [6, 6.07) is 13.8. The summed E-state index contributed by atoms with van der Waals surface area (Å²) in [6.07, 6.45) is 1.68. The molecule has 3 N–H and O–H groups in total. The molecule has 2 aromatic heterocycles. The van der Waals surface area contributed by atoms with Crippen LogP contribution in [0, 0.1) is 0 Å². The average molecular weight is 374 g/mol. The minimum absolute atomic E-state index is 0.0801. The number of nitrogens with zero attached hydrogens (tertiary/aromatic N) is 3. The van der Waals surface area contributed by atoms with Gasteiger partial charge in [0.15, 0.2) is 11.0 Å². The number of nitrogens with two attached hydrogens (primary N) is 1. The SMILES string of the molecule is NC(=O)c1cc(Cl)nnc1NC(c1cccc(Cl)c1)c1ccccn1. The van der Waals surface area contributed by atoms with Crippen LogP contribution in [0.5, 0.6) is 0 Å². The Morgan fingerprint density at radius 2 is 1.92 bits per heavy atom. The summed E-state index contributed by atoms with van der Waals surface area (Å²) in [7, 11) is 0. The molecule has 0 fully saturated rings. The number of benzene rings is 1. The number of aromatic nitrogens is 3. The zero-order valence-corrected chi connectivity index (χ0v) is 14.4. The van der Waals surface area contributed by atoms with E-state index in [4.69, 9.17) is 28.9 Å². The van der Waals surface area contributed by atoms with Crippen molar-refractivity contribution in [2.45, 2.75) is 6.04 Å². The predicted octanol–water partition coefficient (Wildman–Crippen LogP) is 3.48. The van der Waals surface area contributed by atoms with Gasteiger partial charge in [-0.2, -0.15) is 0 Å². The van der Waals surface area contributed by atoms with E-state index in [9.17, 15) is 4.79 Å². The third kappa shape index (κ3) is 4.04. The largest absolute Gasteiger partial charge is 0.365 e. The van der Waals surface area contributed by atoms with Crippen LogP contribution in [0.15, 0.2) is 54.7 Å². The van der Waals surface area contributed by atoms with E-state index in [1.54, 1.807) is 18.3 Å². The lowest BCUT2D eigenvalue weighted by molar-refractivity contribution is 0.100. The molecule has 8 heteroatoms. The number of hydrogen-bond donors (Lipinski definition) is 2. The average Bonchev–Trinajstić information content (AvgIpc) is 2.61. The van der Waals surface area contributed by atoms with Gasteiger partial charge in [-0.25, -0.2) is 0 Å². The molecule has 0 saturated carbocycles. The molecule has 0 radical (unpaired) electrons. The molecular formula is C17H13Cl2N5O. The maximum atomic E-state index is 11.7. The number of amides is 1. The molecule has 0 aliphatic heterocycles. The summed E-state index contributed by atoms with van der Waals surface area (Å²) in [4.78, 5) is 16.1. The lowest BCUT2D eigenvalue weighted by Crippen LogP contribution is -2.20. The number of pyridine rings is 1. The number of halogens is 2. The zero-order valence-electron chi connectivity index (χ0n) is 12.9. The highest BCUT2D eigenvalue weighted by molar-refractivity contribution is 6.30. The zero-order chi connectivity index (χ0) is 17.8. The molecule has 25 heavy (non-hydrogen) atoms.